The van der Waals surface area contributed by atoms with Crippen molar-refractivity contribution in [1.29, 1.82) is 0 Å². The number of benzene rings is 1. The number of nitrogens with zero attached hydrogens (tertiary/aromatic N) is 3. The number of anilines is 1. The number of hydrogen-bond acceptors (Lipinski definition) is 6. The predicted octanol–water partition coefficient (Wildman–Crippen LogP) is 1.97. The summed E-state index contributed by atoms with van der Waals surface area (Å²) in [5, 5.41) is 9.87. The van der Waals surface area contributed by atoms with Gasteiger partial charge in [-0.3, -0.25) is 0 Å². The van der Waals surface area contributed by atoms with Gasteiger partial charge in [0.1, 0.15) is 0 Å². The fourth-order valence-electron chi connectivity index (χ4n) is 1.48. The molecule has 2 aromatic rings. The van der Waals surface area contributed by atoms with Crippen molar-refractivity contribution >= 4 is 11.8 Å². The van der Waals surface area contributed by atoms with E-state index in [9.17, 15) is 9.90 Å². The molecule has 0 fully saturated rings. The van der Waals surface area contributed by atoms with Gasteiger partial charge in [-0.15, -0.1) is 5.06 Å². The second kappa shape index (κ2) is 6.42. The van der Waals surface area contributed by atoms with Crippen LogP contribution in [0.25, 0.3) is 0 Å². The lowest BCUT2D eigenvalue weighted by atomic mass is 10.3. The minimum absolute atomic E-state index is 0.190. The Kier molecular flexibility index (Phi) is 4.39. The monoisotopic (exact) mass is 291 g/mol. The first kappa shape index (κ1) is 14.4. The van der Waals surface area contributed by atoms with Gasteiger partial charge >= 0.3 is 12.1 Å². The molecule has 1 aromatic heterocycles. The first-order valence-electron chi connectivity index (χ1n) is 5.87. The van der Waals surface area contributed by atoms with Crippen LogP contribution in [0.2, 0.25) is 0 Å². The Morgan fingerprint density at radius 2 is 1.67 bits per heavy atom. The van der Waals surface area contributed by atoms with E-state index in [0.29, 0.717) is 10.8 Å². The van der Waals surface area contributed by atoms with Crippen molar-refractivity contribution in [1.82, 2.24) is 9.97 Å². The average molecular weight is 291 g/mol. The quantitative estimate of drug-likeness (QED) is 0.841. The Bertz CT molecular complexity index is 598. The van der Waals surface area contributed by atoms with Crippen LogP contribution in [-0.2, 0) is 0 Å². The lowest BCUT2D eigenvalue weighted by Crippen LogP contribution is -2.33. The molecule has 21 heavy (non-hydrogen) atoms. The number of amides is 1. The van der Waals surface area contributed by atoms with E-state index in [1.165, 1.54) is 20.3 Å². The third-order valence-corrected chi connectivity index (χ3v) is 2.41. The van der Waals surface area contributed by atoms with Crippen LogP contribution in [0.5, 0.6) is 17.8 Å². The molecule has 0 radical (unpaired) electrons. The number of carboxylic acid groups (broad SMARTS) is 1. The number of para-hydroxylation sites is 1. The zero-order chi connectivity index (χ0) is 15.2. The lowest BCUT2D eigenvalue weighted by Gasteiger charge is -2.17. The van der Waals surface area contributed by atoms with E-state index in [0.717, 1.165) is 0 Å². The van der Waals surface area contributed by atoms with Crippen LogP contribution in [0.15, 0.2) is 36.4 Å². The van der Waals surface area contributed by atoms with Crippen molar-refractivity contribution in [2.45, 2.75) is 0 Å². The predicted molar refractivity (Wildman–Crippen MR) is 72.7 cm³/mol. The number of methoxy groups -OCH3 is 2. The van der Waals surface area contributed by atoms with Crippen molar-refractivity contribution in [2.75, 3.05) is 19.3 Å². The first-order valence-corrected chi connectivity index (χ1v) is 5.87. The molecule has 2 rings (SSSR count). The van der Waals surface area contributed by atoms with E-state index < -0.39 is 6.09 Å². The summed E-state index contributed by atoms with van der Waals surface area (Å²) in [7, 11) is 2.83. The van der Waals surface area contributed by atoms with Gasteiger partial charge in [-0.05, 0) is 12.1 Å². The molecule has 0 aliphatic heterocycles. The Balaban J connectivity index is 2.31. The number of aromatic nitrogens is 2. The van der Waals surface area contributed by atoms with Crippen LogP contribution in [0.1, 0.15) is 0 Å². The molecule has 1 amide bonds. The highest BCUT2D eigenvalue weighted by Gasteiger charge is 2.19. The van der Waals surface area contributed by atoms with Crippen molar-refractivity contribution in [3.8, 4) is 17.8 Å². The van der Waals surface area contributed by atoms with Gasteiger partial charge in [0.05, 0.1) is 26.0 Å². The lowest BCUT2D eigenvalue weighted by molar-refractivity contribution is 0.162. The van der Waals surface area contributed by atoms with Gasteiger partial charge in [0.15, 0.2) is 0 Å². The molecule has 1 heterocycles. The molecular formula is C13H13N3O5. The summed E-state index contributed by atoms with van der Waals surface area (Å²) in [6.45, 7) is 0. The van der Waals surface area contributed by atoms with Crippen molar-refractivity contribution in [3.05, 3.63) is 36.4 Å². The van der Waals surface area contributed by atoms with Crippen LogP contribution in [0.4, 0.5) is 10.5 Å². The molecule has 0 spiro atoms. The van der Waals surface area contributed by atoms with Crippen LogP contribution < -0.4 is 19.4 Å². The molecule has 0 unspecified atom stereocenters. The highest BCUT2D eigenvalue weighted by molar-refractivity contribution is 5.83. The molecule has 110 valence electrons. The van der Waals surface area contributed by atoms with E-state index in [2.05, 4.69) is 9.97 Å². The molecule has 0 bridgehead atoms. The van der Waals surface area contributed by atoms with Gasteiger partial charge in [0.25, 0.3) is 0 Å². The fraction of sp³-hybridized carbons (Fsp3) is 0.154. The van der Waals surface area contributed by atoms with E-state index in [1.54, 1.807) is 30.3 Å². The molecule has 8 heteroatoms. The summed E-state index contributed by atoms with van der Waals surface area (Å²) in [4.78, 5) is 24.3. The number of hydroxylamine groups is 1. The minimum atomic E-state index is -1.31. The van der Waals surface area contributed by atoms with Crippen LogP contribution in [0.3, 0.4) is 0 Å². The smallest absolute Gasteiger partial charge is 0.445 e. The molecule has 1 N–H and O–H groups in total. The Morgan fingerprint density at radius 1 is 1.10 bits per heavy atom. The number of carbonyl (C=O) groups is 1. The highest BCUT2D eigenvalue weighted by Crippen LogP contribution is 2.21. The van der Waals surface area contributed by atoms with Crippen LogP contribution >= 0.6 is 0 Å². The summed E-state index contributed by atoms with van der Waals surface area (Å²) in [6.07, 6.45) is -1.31. The molecule has 1 aromatic carbocycles. The number of hydrogen-bond donors (Lipinski definition) is 1. The summed E-state index contributed by atoms with van der Waals surface area (Å²) in [5.74, 6) is 0.380. The summed E-state index contributed by atoms with van der Waals surface area (Å²) < 4.78 is 9.94. The molecular weight excluding hydrogens is 278 g/mol. The standard InChI is InChI=1S/C13H13N3O5/c1-19-10-8-11(20-2)15-12(14-10)21-16(13(17)18)9-6-4-3-5-7-9/h3-8H,1-2H3,(H,17,18). The number of ether oxygens (including phenoxy) is 2. The second-order valence-electron chi connectivity index (χ2n) is 3.74. The van der Waals surface area contributed by atoms with E-state index in [1.807, 2.05) is 0 Å². The normalized spacial score (nSPS) is 9.81. The second-order valence-corrected chi connectivity index (χ2v) is 3.74. The summed E-state index contributed by atoms with van der Waals surface area (Å²) in [5.41, 5.74) is 0.315. The van der Waals surface area contributed by atoms with Crippen LogP contribution in [0, 0.1) is 0 Å². The Morgan fingerprint density at radius 3 is 2.14 bits per heavy atom. The third kappa shape index (κ3) is 3.50. The van der Waals surface area contributed by atoms with Gasteiger partial charge in [0.2, 0.25) is 11.8 Å². The van der Waals surface area contributed by atoms with E-state index >= 15 is 0 Å². The minimum Gasteiger partial charge on any atom is -0.481 e. The van der Waals surface area contributed by atoms with Gasteiger partial charge < -0.3 is 19.4 Å². The maximum Gasteiger partial charge on any atom is 0.445 e. The molecule has 0 saturated heterocycles. The number of rotatable bonds is 5. The van der Waals surface area contributed by atoms with Gasteiger partial charge in [-0.1, -0.05) is 18.2 Å². The first-order chi connectivity index (χ1) is 10.1. The Labute approximate surface area is 120 Å². The average Bonchev–Trinajstić information content (AvgIpc) is 2.52. The molecule has 8 nitrogen and oxygen atoms in total. The molecule has 0 aliphatic rings. The zero-order valence-electron chi connectivity index (χ0n) is 11.4. The van der Waals surface area contributed by atoms with E-state index in [-0.39, 0.29) is 17.8 Å². The van der Waals surface area contributed by atoms with Gasteiger partial charge in [-0.25, -0.2) is 4.79 Å². The summed E-state index contributed by atoms with van der Waals surface area (Å²) >= 11 is 0. The van der Waals surface area contributed by atoms with Crippen molar-refractivity contribution < 1.29 is 24.2 Å². The fourth-order valence-corrected chi connectivity index (χ4v) is 1.48. The summed E-state index contributed by atoms with van der Waals surface area (Å²) in [6, 6.07) is 9.51. The topological polar surface area (TPSA) is 94.0 Å². The van der Waals surface area contributed by atoms with Gasteiger partial charge in [0, 0.05) is 0 Å². The maximum atomic E-state index is 11.3. The third-order valence-electron chi connectivity index (χ3n) is 2.41. The van der Waals surface area contributed by atoms with Crippen LogP contribution in [-0.4, -0.2) is 35.4 Å². The highest BCUT2D eigenvalue weighted by atomic mass is 16.7. The van der Waals surface area contributed by atoms with Gasteiger partial charge in [-0.2, -0.15) is 9.97 Å². The SMILES string of the molecule is COc1cc(OC)nc(ON(C(=O)O)c2ccccc2)n1. The van der Waals surface area contributed by atoms with Crippen molar-refractivity contribution in [3.63, 3.8) is 0 Å². The molecule has 0 atom stereocenters. The zero-order valence-corrected chi connectivity index (χ0v) is 11.4. The Hall–Kier alpha value is -3.03. The van der Waals surface area contributed by atoms with Crippen molar-refractivity contribution in [2.24, 2.45) is 0 Å². The largest absolute Gasteiger partial charge is 0.481 e. The van der Waals surface area contributed by atoms with E-state index in [4.69, 9.17) is 14.3 Å². The molecule has 0 saturated carbocycles. The maximum absolute atomic E-state index is 11.3. The molecule has 0 aliphatic carbocycles.